The Bertz CT molecular complexity index is 643. The molecule has 0 unspecified atom stereocenters. The van der Waals surface area contributed by atoms with Gasteiger partial charge in [0, 0.05) is 17.7 Å². The molecule has 0 spiro atoms. The Labute approximate surface area is 125 Å². The summed E-state index contributed by atoms with van der Waals surface area (Å²) in [6.07, 6.45) is 0. The summed E-state index contributed by atoms with van der Waals surface area (Å²) in [5, 5.41) is 3.08. The van der Waals surface area contributed by atoms with Crippen molar-refractivity contribution in [2.24, 2.45) is 0 Å². The van der Waals surface area contributed by atoms with Crippen LogP contribution >= 0.6 is 15.9 Å². The molecule has 0 saturated heterocycles. The standard InChI is InChI=1S/C14H16BrFN4/c1-7(2)14-19-12(17)6-13(20-14)18-11-5-10(16)9(15)4-8(11)3/h4-7H,1-3H3,(H3,17,18,19,20). The predicted molar refractivity (Wildman–Crippen MR) is 82.7 cm³/mol. The lowest BCUT2D eigenvalue weighted by molar-refractivity contribution is 0.621. The summed E-state index contributed by atoms with van der Waals surface area (Å²) in [6, 6.07) is 4.77. The molecule has 0 saturated carbocycles. The molecule has 1 heterocycles. The van der Waals surface area contributed by atoms with E-state index >= 15 is 0 Å². The SMILES string of the molecule is Cc1cc(Br)c(F)cc1Nc1cc(N)nc(C(C)C)n1. The molecule has 20 heavy (non-hydrogen) atoms. The first-order chi connectivity index (χ1) is 9.36. The Morgan fingerprint density at radius 2 is 1.95 bits per heavy atom. The number of aryl methyl sites for hydroxylation is 1. The van der Waals surface area contributed by atoms with Crippen molar-refractivity contribution < 1.29 is 4.39 Å². The molecule has 6 heteroatoms. The van der Waals surface area contributed by atoms with Crippen LogP contribution in [0.2, 0.25) is 0 Å². The first kappa shape index (κ1) is 14.7. The van der Waals surface area contributed by atoms with E-state index in [0.29, 0.717) is 27.6 Å². The number of nitrogens with one attached hydrogen (secondary N) is 1. The first-order valence-corrected chi connectivity index (χ1v) is 7.03. The van der Waals surface area contributed by atoms with Crippen LogP contribution in [0.5, 0.6) is 0 Å². The summed E-state index contributed by atoms with van der Waals surface area (Å²) in [5.41, 5.74) is 7.33. The van der Waals surface area contributed by atoms with Crippen molar-refractivity contribution in [3.8, 4) is 0 Å². The van der Waals surface area contributed by atoms with Crippen molar-refractivity contribution in [1.82, 2.24) is 9.97 Å². The number of hydrogen-bond acceptors (Lipinski definition) is 4. The number of aromatic nitrogens is 2. The molecule has 106 valence electrons. The number of nitrogen functional groups attached to an aromatic ring is 1. The van der Waals surface area contributed by atoms with Gasteiger partial charge in [0.15, 0.2) is 0 Å². The zero-order valence-corrected chi connectivity index (χ0v) is 13.1. The Morgan fingerprint density at radius 3 is 2.60 bits per heavy atom. The van der Waals surface area contributed by atoms with Gasteiger partial charge in [0.1, 0.15) is 23.3 Å². The van der Waals surface area contributed by atoms with Crippen molar-refractivity contribution >= 4 is 33.3 Å². The van der Waals surface area contributed by atoms with Gasteiger partial charge in [0.25, 0.3) is 0 Å². The molecule has 0 radical (unpaired) electrons. The second-order valence-corrected chi connectivity index (χ2v) is 5.75. The van der Waals surface area contributed by atoms with Gasteiger partial charge in [-0.15, -0.1) is 0 Å². The molecule has 2 aromatic rings. The molecule has 0 amide bonds. The topological polar surface area (TPSA) is 63.8 Å². The van der Waals surface area contributed by atoms with Crippen molar-refractivity contribution in [2.45, 2.75) is 26.7 Å². The molecule has 0 aliphatic carbocycles. The van der Waals surface area contributed by atoms with Crippen LogP contribution in [0.3, 0.4) is 0 Å². The Morgan fingerprint density at radius 1 is 1.25 bits per heavy atom. The summed E-state index contributed by atoms with van der Waals surface area (Å²) >= 11 is 3.16. The summed E-state index contributed by atoms with van der Waals surface area (Å²) in [7, 11) is 0. The summed E-state index contributed by atoms with van der Waals surface area (Å²) in [6.45, 7) is 5.87. The van der Waals surface area contributed by atoms with Crippen molar-refractivity contribution in [2.75, 3.05) is 11.1 Å². The highest BCUT2D eigenvalue weighted by atomic mass is 79.9. The normalized spacial score (nSPS) is 10.9. The number of nitrogens with zero attached hydrogens (tertiary/aromatic N) is 2. The van der Waals surface area contributed by atoms with E-state index in [-0.39, 0.29) is 11.7 Å². The zero-order chi connectivity index (χ0) is 14.9. The third-order valence-corrected chi connectivity index (χ3v) is 3.42. The largest absolute Gasteiger partial charge is 0.384 e. The average Bonchev–Trinajstić information content (AvgIpc) is 2.35. The fourth-order valence-electron chi connectivity index (χ4n) is 1.73. The Balaban J connectivity index is 2.37. The number of benzene rings is 1. The zero-order valence-electron chi connectivity index (χ0n) is 11.5. The monoisotopic (exact) mass is 338 g/mol. The van der Waals surface area contributed by atoms with Gasteiger partial charge in [0.2, 0.25) is 0 Å². The lowest BCUT2D eigenvalue weighted by Crippen LogP contribution is -2.05. The van der Waals surface area contributed by atoms with Crippen LogP contribution in [0.4, 0.5) is 21.7 Å². The van der Waals surface area contributed by atoms with Gasteiger partial charge >= 0.3 is 0 Å². The lowest BCUT2D eigenvalue weighted by atomic mass is 10.2. The van der Waals surface area contributed by atoms with Crippen LogP contribution in [0.25, 0.3) is 0 Å². The minimum Gasteiger partial charge on any atom is -0.384 e. The number of halogens is 2. The molecular formula is C14H16BrFN4. The second-order valence-electron chi connectivity index (χ2n) is 4.90. The van der Waals surface area contributed by atoms with Gasteiger partial charge in [-0.2, -0.15) is 0 Å². The van der Waals surface area contributed by atoms with Gasteiger partial charge in [-0.1, -0.05) is 13.8 Å². The molecule has 4 nitrogen and oxygen atoms in total. The molecule has 0 fully saturated rings. The third-order valence-electron chi connectivity index (χ3n) is 2.81. The highest BCUT2D eigenvalue weighted by Gasteiger charge is 2.09. The summed E-state index contributed by atoms with van der Waals surface area (Å²) < 4.78 is 14.0. The quantitative estimate of drug-likeness (QED) is 0.882. The average molecular weight is 339 g/mol. The smallest absolute Gasteiger partial charge is 0.139 e. The van der Waals surface area contributed by atoms with Gasteiger partial charge < -0.3 is 11.1 Å². The molecular weight excluding hydrogens is 323 g/mol. The van der Waals surface area contributed by atoms with E-state index in [1.165, 1.54) is 6.07 Å². The second kappa shape index (κ2) is 5.75. The Hall–Kier alpha value is -1.69. The van der Waals surface area contributed by atoms with E-state index < -0.39 is 0 Å². The maximum absolute atomic E-state index is 13.6. The maximum Gasteiger partial charge on any atom is 0.139 e. The van der Waals surface area contributed by atoms with E-state index in [1.807, 2.05) is 20.8 Å². The number of nitrogens with two attached hydrogens (primary N) is 1. The van der Waals surface area contributed by atoms with Gasteiger partial charge in [0.05, 0.1) is 4.47 Å². The fourth-order valence-corrected chi connectivity index (χ4v) is 2.18. The van der Waals surface area contributed by atoms with E-state index in [0.717, 1.165) is 5.56 Å². The van der Waals surface area contributed by atoms with Crippen molar-refractivity contribution in [1.29, 1.82) is 0 Å². The first-order valence-electron chi connectivity index (χ1n) is 6.24. The molecule has 3 N–H and O–H groups in total. The highest BCUT2D eigenvalue weighted by Crippen LogP contribution is 2.27. The third kappa shape index (κ3) is 3.25. The summed E-state index contributed by atoms with van der Waals surface area (Å²) in [5.74, 6) is 1.45. The van der Waals surface area contributed by atoms with E-state index in [2.05, 4.69) is 31.2 Å². The lowest BCUT2D eigenvalue weighted by Gasteiger charge is -2.12. The van der Waals surface area contributed by atoms with Crippen LogP contribution in [0, 0.1) is 12.7 Å². The van der Waals surface area contributed by atoms with E-state index in [9.17, 15) is 4.39 Å². The van der Waals surface area contributed by atoms with Crippen LogP contribution in [0.15, 0.2) is 22.7 Å². The number of anilines is 3. The minimum absolute atomic E-state index is 0.168. The number of hydrogen-bond donors (Lipinski definition) is 2. The Kier molecular flexibility index (Phi) is 4.23. The molecule has 2 rings (SSSR count). The number of rotatable bonds is 3. The van der Waals surface area contributed by atoms with E-state index in [1.54, 1.807) is 12.1 Å². The van der Waals surface area contributed by atoms with Crippen molar-refractivity contribution in [3.05, 3.63) is 39.9 Å². The molecule has 1 aromatic heterocycles. The fraction of sp³-hybridized carbons (Fsp3) is 0.286. The summed E-state index contributed by atoms with van der Waals surface area (Å²) in [4.78, 5) is 8.56. The maximum atomic E-state index is 13.6. The minimum atomic E-state index is -0.329. The molecule has 0 aliphatic rings. The van der Waals surface area contributed by atoms with Gasteiger partial charge in [-0.05, 0) is 40.5 Å². The van der Waals surface area contributed by atoms with Crippen molar-refractivity contribution in [3.63, 3.8) is 0 Å². The van der Waals surface area contributed by atoms with Crippen LogP contribution in [-0.4, -0.2) is 9.97 Å². The highest BCUT2D eigenvalue weighted by molar-refractivity contribution is 9.10. The van der Waals surface area contributed by atoms with Gasteiger partial charge in [-0.3, -0.25) is 0 Å². The van der Waals surface area contributed by atoms with Gasteiger partial charge in [-0.25, -0.2) is 14.4 Å². The van der Waals surface area contributed by atoms with Crippen LogP contribution in [-0.2, 0) is 0 Å². The molecule has 0 atom stereocenters. The van der Waals surface area contributed by atoms with E-state index in [4.69, 9.17) is 5.73 Å². The predicted octanol–water partition coefficient (Wildman–Crippen LogP) is 4.14. The van der Waals surface area contributed by atoms with Crippen LogP contribution < -0.4 is 11.1 Å². The molecule has 0 aliphatic heterocycles. The molecule has 1 aromatic carbocycles. The molecule has 0 bridgehead atoms. The van der Waals surface area contributed by atoms with Crippen LogP contribution in [0.1, 0.15) is 31.2 Å².